The van der Waals surface area contributed by atoms with Crippen LogP contribution in [-0.2, 0) is 14.8 Å². The predicted molar refractivity (Wildman–Crippen MR) is 155 cm³/mol. The van der Waals surface area contributed by atoms with E-state index in [2.05, 4.69) is 19.9 Å². The number of rotatable bonds is 10. The van der Waals surface area contributed by atoms with Crippen molar-refractivity contribution >= 4 is 38.8 Å². The quantitative estimate of drug-likeness (QED) is 0.380. The number of anilines is 4. The summed E-state index contributed by atoms with van der Waals surface area (Å²) < 4.78 is 51.6. The third kappa shape index (κ3) is 6.68. The molecule has 0 bridgehead atoms. The van der Waals surface area contributed by atoms with Crippen molar-refractivity contribution in [2.24, 2.45) is 5.41 Å². The number of alkyl halides is 1. The molecule has 3 aliphatic rings. The number of sulfonamides is 1. The van der Waals surface area contributed by atoms with Gasteiger partial charge in [0.15, 0.2) is 11.6 Å². The average Bonchev–Trinajstić information content (AvgIpc) is 3.72. The van der Waals surface area contributed by atoms with Crippen LogP contribution in [0.5, 0.6) is 5.75 Å². The van der Waals surface area contributed by atoms with Crippen molar-refractivity contribution in [3.8, 4) is 5.75 Å². The lowest BCUT2D eigenvalue weighted by Gasteiger charge is -2.35. The highest BCUT2D eigenvalue weighted by Crippen LogP contribution is 2.54. The molecule has 2 saturated heterocycles. The van der Waals surface area contributed by atoms with Gasteiger partial charge in [-0.15, -0.1) is 0 Å². The van der Waals surface area contributed by atoms with Crippen LogP contribution in [0.2, 0.25) is 0 Å². The number of pyridine rings is 1. The van der Waals surface area contributed by atoms with Crippen molar-refractivity contribution < 1.29 is 32.2 Å². The maximum Gasteiger partial charge on any atom is 0.274 e. The largest absolute Gasteiger partial charge is 0.459 e. The van der Waals surface area contributed by atoms with Gasteiger partial charge in [0.25, 0.3) is 5.91 Å². The molecule has 1 aromatic carbocycles. The van der Waals surface area contributed by atoms with Gasteiger partial charge in [0, 0.05) is 26.2 Å². The number of ether oxygens (including phenoxy) is 2. The Morgan fingerprint density at radius 1 is 1.20 bits per heavy atom. The number of piperidine rings is 1. The Morgan fingerprint density at radius 2 is 1.95 bits per heavy atom. The van der Waals surface area contributed by atoms with E-state index in [-0.39, 0.29) is 17.5 Å². The molecule has 1 saturated carbocycles. The zero-order chi connectivity index (χ0) is 29.2. The molecule has 13 heteroatoms. The number of hydrogen-bond acceptors (Lipinski definition) is 9. The third-order valence-electron chi connectivity index (χ3n) is 8.24. The summed E-state index contributed by atoms with van der Waals surface area (Å²) in [4.78, 5) is 22.1. The van der Waals surface area contributed by atoms with Gasteiger partial charge in [0.2, 0.25) is 16.9 Å². The summed E-state index contributed by atoms with van der Waals surface area (Å²) in [6.07, 6.45) is 4.50. The Hall–Kier alpha value is -3.16. The molecule has 1 spiro atoms. The van der Waals surface area contributed by atoms with Gasteiger partial charge in [-0.2, -0.15) is 0 Å². The van der Waals surface area contributed by atoms with Crippen LogP contribution in [-0.4, -0.2) is 82.0 Å². The van der Waals surface area contributed by atoms with Gasteiger partial charge in [-0.25, -0.2) is 17.8 Å². The maximum atomic E-state index is 13.5. The second-order valence-electron chi connectivity index (χ2n) is 11.2. The fraction of sp³-hybridized carbons (Fsp3) is 0.571. The molecule has 224 valence electrons. The molecule has 0 unspecified atom stereocenters. The van der Waals surface area contributed by atoms with Gasteiger partial charge < -0.3 is 29.7 Å². The second kappa shape index (κ2) is 12.0. The lowest BCUT2D eigenvalue weighted by molar-refractivity contribution is 0.0526. The fourth-order valence-electron chi connectivity index (χ4n) is 5.38. The minimum absolute atomic E-state index is 0.0561. The number of carbonyl (C=O) groups excluding carboxylic acids is 1. The van der Waals surface area contributed by atoms with Crippen LogP contribution in [0.25, 0.3) is 0 Å². The topological polar surface area (TPSA) is 133 Å². The van der Waals surface area contributed by atoms with Crippen LogP contribution in [0.3, 0.4) is 0 Å². The highest BCUT2D eigenvalue weighted by Gasteiger charge is 2.44. The van der Waals surface area contributed by atoms with E-state index in [9.17, 15) is 22.7 Å². The van der Waals surface area contributed by atoms with Crippen molar-refractivity contribution in [3.05, 3.63) is 36.0 Å². The number of amides is 1. The average molecular weight is 592 g/mol. The summed E-state index contributed by atoms with van der Waals surface area (Å²) in [6, 6.07) is 8.00. The highest BCUT2D eigenvalue weighted by atomic mass is 32.2. The van der Waals surface area contributed by atoms with Crippen LogP contribution in [0, 0.1) is 5.41 Å². The number of morpholine rings is 1. The van der Waals surface area contributed by atoms with E-state index >= 15 is 0 Å². The summed E-state index contributed by atoms with van der Waals surface area (Å²) in [5, 5.41) is 11.3. The molecular formula is C28H38FN5O6S. The number of aromatic nitrogens is 1. The first-order valence-corrected chi connectivity index (χ1v) is 15.6. The Labute approximate surface area is 240 Å². The molecule has 2 aromatic rings. The van der Waals surface area contributed by atoms with Crippen LogP contribution in [0.1, 0.15) is 50.0 Å². The number of aliphatic hydroxyl groups is 1. The molecular weight excluding hydrogens is 553 g/mol. The van der Waals surface area contributed by atoms with E-state index in [4.69, 9.17) is 9.47 Å². The molecule has 11 nitrogen and oxygen atoms in total. The minimum Gasteiger partial charge on any atom is -0.459 e. The Balaban J connectivity index is 1.42. The van der Waals surface area contributed by atoms with E-state index < -0.39 is 34.6 Å². The lowest BCUT2D eigenvalue weighted by atomic mass is 9.93. The third-order valence-corrected chi connectivity index (χ3v) is 9.97. The van der Waals surface area contributed by atoms with Crippen LogP contribution >= 0.6 is 0 Å². The Kier molecular flexibility index (Phi) is 8.57. The molecule has 41 heavy (non-hydrogen) atoms. The molecule has 3 N–H and O–H groups in total. The Morgan fingerprint density at radius 3 is 2.61 bits per heavy atom. The van der Waals surface area contributed by atoms with Crippen molar-refractivity contribution in [2.75, 3.05) is 66.1 Å². The summed E-state index contributed by atoms with van der Waals surface area (Å²) in [5.74, 6) is 0.160. The van der Waals surface area contributed by atoms with Crippen molar-refractivity contribution in [1.29, 1.82) is 0 Å². The van der Waals surface area contributed by atoms with E-state index in [0.29, 0.717) is 48.0 Å². The van der Waals surface area contributed by atoms with Gasteiger partial charge in [0.1, 0.15) is 10.9 Å². The molecule has 3 heterocycles. The first-order chi connectivity index (χ1) is 19.6. The fourth-order valence-corrected chi connectivity index (χ4v) is 6.23. The summed E-state index contributed by atoms with van der Waals surface area (Å²) in [5.41, 5.74) is 2.13. The number of carbonyl (C=O) groups is 1. The molecule has 5 rings (SSSR count). The summed E-state index contributed by atoms with van der Waals surface area (Å²) in [6.45, 7) is 4.94. The van der Waals surface area contributed by atoms with Crippen LogP contribution in [0.15, 0.2) is 30.3 Å². The molecule has 1 amide bonds. The number of nitrogens with zero attached hydrogens (tertiary/aromatic N) is 3. The van der Waals surface area contributed by atoms with E-state index in [1.807, 2.05) is 11.8 Å². The number of aliphatic hydroxyl groups excluding tert-OH is 1. The number of nitrogens with one attached hydrogen (secondary N) is 2. The summed E-state index contributed by atoms with van der Waals surface area (Å²) >= 11 is 0. The Bertz CT molecular complexity index is 1360. The molecule has 3 fully saturated rings. The van der Waals surface area contributed by atoms with Gasteiger partial charge in [-0.05, 0) is 75.3 Å². The molecule has 2 aliphatic heterocycles. The number of benzene rings is 1. The van der Waals surface area contributed by atoms with E-state index in [1.54, 1.807) is 18.2 Å². The first-order valence-electron chi connectivity index (χ1n) is 14.0. The van der Waals surface area contributed by atoms with Crippen LogP contribution < -0.4 is 24.6 Å². The zero-order valence-corrected chi connectivity index (χ0v) is 24.3. The van der Waals surface area contributed by atoms with Gasteiger partial charge in [-0.3, -0.25) is 9.52 Å². The number of hydrogen-bond donors (Lipinski definition) is 3. The highest BCUT2D eigenvalue weighted by molar-refractivity contribution is 7.93. The zero-order valence-electron chi connectivity index (χ0n) is 23.4. The van der Waals surface area contributed by atoms with Crippen molar-refractivity contribution in [3.63, 3.8) is 0 Å². The van der Waals surface area contributed by atoms with Crippen molar-refractivity contribution in [1.82, 2.24) is 4.98 Å². The predicted octanol–water partition coefficient (Wildman–Crippen LogP) is 3.37. The molecule has 2 atom stereocenters. The second-order valence-corrected chi connectivity index (χ2v) is 13.3. The van der Waals surface area contributed by atoms with Gasteiger partial charge >= 0.3 is 0 Å². The van der Waals surface area contributed by atoms with Gasteiger partial charge in [0.05, 0.1) is 36.4 Å². The van der Waals surface area contributed by atoms with E-state index in [1.165, 1.54) is 31.9 Å². The SMILES string of the molecule is C[C@@H]1CN(c2nc(C(=O)Nc3ccc(NS(=O)(=O)[C@H](C)CO)cc3N3CCC4(CC3)CC4)ccc2OCF)CCO1. The lowest BCUT2D eigenvalue weighted by Crippen LogP contribution is -2.42. The molecule has 0 radical (unpaired) electrons. The first kappa shape index (κ1) is 29.3. The minimum atomic E-state index is -3.79. The van der Waals surface area contributed by atoms with Crippen LogP contribution in [0.4, 0.5) is 27.3 Å². The van der Waals surface area contributed by atoms with E-state index in [0.717, 1.165) is 25.9 Å². The van der Waals surface area contributed by atoms with Crippen molar-refractivity contribution in [2.45, 2.75) is 50.9 Å². The molecule has 1 aliphatic carbocycles. The normalized spacial score (nSPS) is 20.9. The number of halogens is 1. The maximum absolute atomic E-state index is 13.5. The van der Waals surface area contributed by atoms with Gasteiger partial charge in [-0.1, -0.05) is 0 Å². The standard InChI is InChI=1S/C28H38FN5O6S/c1-19-16-34(13-14-39-19)26-25(40-18-29)6-5-23(30-26)27(36)31-22-4-3-21(32-41(37,38)20(2)17-35)15-24(22)33-11-9-28(7-8-28)10-12-33/h3-6,15,19-20,32,35H,7-14,16-18H2,1-2H3,(H,31,36)/t19-,20-/m1/s1. The monoisotopic (exact) mass is 591 g/mol. The smallest absolute Gasteiger partial charge is 0.274 e. The summed E-state index contributed by atoms with van der Waals surface area (Å²) in [7, 11) is -3.79. The molecule has 1 aromatic heterocycles.